The van der Waals surface area contributed by atoms with E-state index in [0.29, 0.717) is 28.2 Å². The lowest BCUT2D eigenvalue weighted by molar-refractivity contribution is 0.0996. The van der Waals surface area contributed by atoms with Crippen molar-refractivity contribution in [2.45, 2.75) is 19.3 Å². The number of fused-ring (bicyclic) bond motifs is 3. The van der Waals surface area contributed by atoms with Crippen LogP contribution in [0.25, 0.3) is 33.3 Å². The van der Waals surface area contributed by atoms with Crippen molar-refractivity contribution < 1.29 is 18.0 Å². The van der Waals surface area contributed by atoms with Gasteiger partial charge in [0.05, 0.1) is 12.0 Å². The molecule has 6 nitrogen and oxygen atoms in total. The second kappa shape index (κ2) is 6.74. The van der Waals surface area contributed by atoms with Gasteiger partial charge in [-0.05, 0) is 66.8 Å². The first-order valence-electron chi connectivity index (χ1n) is 10.1. The summed E-state index contributed by atoms with van der Waals surface area (Å²) in [6.45, 7) is 0. The molecule has 0 bridgehead atoms. The number of anilines is 1. The van der Waals surface area contributed by atoms with Crippen LogP contribution < -0.4 is 10.9 Å². The SMILES string of the molecule is O=C(Nc1c(-c2cc(=O)oc3cc4c(cc23)CCC4)oc2ccccc12)c1ccco1. The topological polar surface area (TPSA) is 85.6 Å². The lowest BCUT2D eigenvalue weighted by Gasteiger charge is -2.09. The van der Waals surface area contributed by atoms with Crippen LogP contribution in [-0.2, 0) is 12.8 Å². The van der Waals surface area contributed by atoms with Crippen LogP contribution in [0.2, 0.25) is 0 Å². The number of hydrogen-bond donors (Lipinski definition) is 1. The van der Waals surface area contributed by atoms with Gasteiger partial charge < -0.3 is 18.6 Å². The van der Waals surface area contributed by atoms with Crippen LogP contribution in [0.15, 0.2) is 78.9 Å². The summed E-state index contributed by atoms with van der Waals surface area (Å²) in [5.41, 5.74) is 4.20. The Morgan fingerprint density at radius 3 is 2.55 bits per heavy atom. The molecule has 0 aliphatic heterocycles. The van der Waals surface area contributed by atoms with E-state index in [1.165, 1.54) is 23.5 Å². The van der Waals surface area contributed by atoms with Gasteiger partial charge in [0, 0.05) is 22.4 Å². The molecule has 1 amide bonds. The van der Waals surface area contributed by atoms with Crippen LogP contribution in [0, 0.1) is 0 Å². The maximum Gasteiger partial charge on any atom is 0.336 e. The molecule has 0 spiro atoms. The Morgan fingerprint density at radius 2 is 1.71 bits per heavy atom. The summed E-state index contributed by atoms with van der Waals surface area (Å²) < 4.78 is 16.9. The van der Waals surface area contributed by atoms with E-state index in [-0.39, 0.29) is 5.76 Å². The molecule has 0 atom stereocenters. The number of carbonyl (C=O) groups excluding carboxylic acids is 1. The van der Waals surface area contributed by atoms with Crippen LogP contribution in [0.4, 0.5) is 5.69 Å². The Labute approximate surface area is 176 Å². The van der Waals surface area contributed by atoms with Crippen molar-refractivity contribution in [1.82, 2.24) is 0 Å². The Hall–Kier alpha value is -4.06. The third-order valence-corrected chi connectivity index (χ3v) is 5.78. The van der Waals surface area contributed by atoms with Gasteiger partial charge in [-0.2, -0.15) is 0 Å². The molecule has 6 heteroatoms. The van der Waals surface area contributed by atoms with Gasteiger partial charge in [0.25, 0.3) is 5.91 Å². The molecule has 6 rings (SSSR count). The Bertz CT molecular complexity index is 1520. The normalized spacial score (nSPS) is 13.0. The van der Waals surface area contributed by atoms with Gasteiger partial charge in [-0.15, -0.1) is 0 Å². The van der Waals surface area contributed by atoms with Gasteiger partial charge in [-0.25, -0.2) is 4.79 Å². The maximum absolute atomic E-state index is 12.8. The predicted molar refractivity (Wildman–Crippen MR) is 116 cm³/mol. The van der Waals surface area contributed by atoms with Gasteiger partial charge >= 0.3 is 5.63 Å². The Balaban J connectivity index is 1.61. The lowest BCUT2D eigenvalue weighted by Crippen LogP contribution is -2.11. The van der Waals surface area contributed by atoms with Crippen molar-refractivity contribution in [3.63, 3.8) is 0 Å². The molecule has 1 aliphatic rings. The summed E-state index contributed by atoms with van der Waals surface area (Å²) in [6.07, 6.45) is 4.50. The van der Waals surface area contributed by atoms with E-state index in [9.17, 15) is 9.59 Å². The molecule has 3 heterocycles. The van der Waals surface area contributed by atoms with Gasteiger partial charge in [0.1, 0.15) is 11.2 Å². The van der Waals surface area contributed by atoms with Crippen molar-refractivity contribution in [3.8, 4) is 11.3 Å². The lowest BCUT2D eigenvalue weighted by atomic mass is 10.0. The fourth-order valence-corrected chi connectivity index (χ4v) is 4.36. The van der Waals surface area contributed by atoms with E-state index in [2.05, 4.69) is 11.4 Å². The van der Waals surface area contributed by atoms with Crippen molar-refractivity contribution >= 4 is 33.5 Å². The summed E-state index contributed by atoms with van der Waals surface area (Å²) in [5, 5.41) is 4.43. The number of aryl methyl sites for hydroxylation is 2. The molecular formula is C25H17NO5. The van der Waals surface area contributed by atoms with Crippen molar-refractivity contribution in [2.75, 3.05) is 5.32 Å². The number of para-hydroxylation sites is 1. The standard InChI is InChI=1S/C25H17NO5/c27-22-13-18(17-11-14-5-3-6-15(14)12-21(17)30-22)24-23(16-7-1-2-8-19(16)31-24)26-25(28)20-9-4-10-29-20/h1-2,4,7-13H,3,5-6H2,(H,26,28). The molecule has 2 aromatic carbocycles. The minimum absolute atomic E-state index is 0.187. The molecule has 0 saturated carbocycles. The molecule has 5 aromatic rings. The first kappa shape index (κ1) is 17.8. The van der Waals surface area contributed by atoms with E-state index in [0.717, 1.165) is 30.0 Å². The minimum atomic E-state index is -0.468. The molecule has 0 saturated heterocycles. The van der Waals surface area contributed by atoms with E-state index < -0.39 is 11.5 Å². The fraction of sp³-hybridized carbons (Fsp3) is 0.120. The molecule has 1 aliphatic carbocycles. The first-order valence-corrected chi connectivity index (χ1v) is 10.1. The average Bonchev–Trinajstić information content (AvgIpc) is 3.52. The number of hydrogen-bond acceptors (Lipinski definition) is 5. The van der Waals surface area contributed by atoms with E-state index in [1.807, 2.05) is 30.3 Å². The summed E-state index contributed by atoms with van der Waals surface area (Å²) in [6, 6.07) is 16.1. The van der Waals surface area contributed by atoms with Crippen LogP contribution in [-0.4, -0.2) is 5.91 Å². The first-order chi connectivity index (χ1) is 15.2. The number of carbonyl (C=O) groups is 1. The number of rotatable bonds is 3. The third kappa shape index (κ3) is 2.87. The highest BCUT2D eigenvalue weighted by molar-refractivity contribution is 6.12. The van der Waals surface area contributed by atoms with Gasteiger partial charge in [-0.1, -0.05) is 12.1 Å². The molecule has 0 unspecified atom stereocenters. The molecule has 31 heavy (non-hydrogen) atoms. The van der Waals surface area contributed by atoms with Crippen LogP contribution >= 0.6 is 0 Å². The van der Waals surface area contributed by atoms with Crippen molar-refractivity contribution in [3.05, 3.63) is 88.2 Å². The summed E-state index contributed by atoms with van der Waals surface area (Å²) in [4.78, 5) is 25.2. The van der Waals surface area contributed by atoms with Crippen molar-refractivity contribution in [2.24, 2.45) is 0 Å². The largest absolute Gasteiger partial charge is 0.459 e. The average molecular weight is 411 g/mol. The quantitative estimate of drug-likeness (QED) is 0.394. The molecule has 3 aromatic heterocycles. The number of furan rings is 2. The highest BCUT2D eigenvalue weighted by Crippen LogP contribution is 2.41. The van der Waals surface area contributed by atoms with Crippen LogP contribution in [0.3, 0.4) is 0 Å². The minimum Gasteiger partial charge on any atom is -0.459 e. The van der Waals surface area contributed by atoms with E-state index in [1.54, 1.807) is 12.1 Å². The summed E-state index contributed by atoms with van der Waals surface area (Å²) >= 11 is 0. The summed E-state index contributed by atoms with van der Waals surface area (Å²) in [7, 11) is 0. The number of amides is 1. The van der Waals surface area contributed by atoms with Gasteiger partial charge in [-0.3, -0.25) is 4.79 Å². The Morgan fingerprint density at radius 1 is 0.871 bits per heavy atom. The van der Waals surface area contributed by atoms with E-state index >= 15 is 0 Å². The highest BCUT2D eigenvalue weighted by Gasteiger charge is 2.23. The number of benzene rings is 2. The van der Waals surface area contributed by atoms with Crippen molar-refractivity contribution in [1.29, 1.82) is 0 Å². The zero-order valence-electron chi connectivity index (χ0n) is 16.4. The maximum atomic E-state index is 12.8. The highest BCUT2D eigenvalue weighted by atomic mass is 16.4. The monoisotopic (exact) mass is 411 g/mol. The molecular weight excluding hydrogens is 394 g/mol. The molecule has 1 N–H and O–H groups in total. The van der Waals surface area contributed by atoms with Gasteiger partial charge in [0.2, 0.25) is 0 Å². The molecule has 0 radical (unpaired) electrons. The molecule has 152 valence electrons. The van der Waals surface area contributed by atoms with E-state index in [4.69, 9.17) is 13.3 Å². The third-order valence-electron chi connectivity index (χ3n) is 5.78. The van der Waals surface area contributed by atoms with Gasteiger partial charge in [0.15, 0.2) is 11.5 Å². The van der Waals surface area contributed by atoms with Crippen LogP contribution in [0.5, 0.6) is 0 Å². The summed E-state index contributed by atoms with van der Waals surface area (Å²) in [5.74, 6) is 0.203. The fourth-order valence-electron chi connectivity index (χ4n) is 4.36. The smallest absolute Gasteiger partial charge is 0.336 e. The second-order valence-corrected chi connectivity index (χ2v) is 7.68. The number of nitrogens with one attached hydrogen (secondary N) is 1. The Kier molecular flexibility index (Phi) is 3.86. The molecule has 0 fully saturated rings. The van der Waals surface area contributed by atoms with Crippen LogP contribution in [0.1, 0.15) is 28.1 Å². The zero-order valence-corrected chi connectivity index (χ0v) is 16.4. The zero-order chi connectivity index (χ0) is 20.9. The predicted octanol–water partition coefficient (Wildman–Crippen LogP) is 5.54. The second-order valence-electron chi connectivity index (χ2n) is 7.68.